The van der Waals surface area contributed by atoms with Crippen LogP contribution >= 0.6 is 74.4 Å². The molecule has 2 aromatic heterocycles. The van der Waals surface area contributed by atoms with Gasteiger partial charge in [0.2, 0.25) is 0 Å². The van der Waals surface area contributed by atoms with E-state index in [1.54, 1.807) is 24.8 Å². The number of nitrogens with zero attached hydrogens (tertiary/aromatic N) is 2. The smallest absolute Gasteiger partial charge is 0.0267 e. The summed E-state index contributed by atoms with van der Waals surface area (Å²) in [5.41, 5.74) is 0. The minimum Gasteiger partial charge on any atom is -0.265 e. The topological polar surface area (TPSA) is 25.8 Å². The van der Waals surface area contributed by atoms with Gasteiger partial charge in [-0.3, -0.25) is 9.97 Å². The van der Waals surface area contributed by atoms with Gasteiger partial charge >= 0.3 is 0 Å². The second-order valence-electron chi connectivity index (χ2n) is 2.05. The van der Waals surface area contributed by atoms with Crippen molar-refractivity contribution in [1.82, 2.24) is 9.97 Å². The monoisotopic (exact) mass is 514 g/mol. The van der Waals surface area contributed by atoms with Crippen LogP contribution in [0.3, 0.4) is 0 Å². The van der Waals surface area contributed by atoms with Crippen molar-refractivity contribution in [1.29, 1.82) is 0 Å². The van der Waals surface area contributed by atoms with Crippen LogP contribution in [0.4, 0.5) is 0 Å². The fourth-order valence-corrected chi connectivity index (χ4v) is 0.625. The Hall–Kier alpha value is 1.42. The van der Waals surface area contributed by atoms with Crippen molar-refractivity contribution in [3.63, 3.8) is 0 Å². The van der Waals surface area contributed by atoms with Gasteiger partial charge in [-0.1, -0.05) is 12.1 Å². The van der Waals surface area contributed by atoms with Gasteiger partial charge in [-0.15, -0.1) is 74.4 Å². The van der Waals surface area contributed by atoms with E-state index in [-0.39, 0.29) is 116 Å². The van der Waals surface area contributed by atoms with E-state index in [0.717, 1.165) is 0 Å². The van der Waals surface area contributed by atoms with Crippen LogP contribution < -0.4 is 0 Å². The first-order chi connectivity index (χ1) is 6.00. The number of hydrogen-bond donors (Lipinski definition) is 0. The van der Waals surface area contributed by atoms with E-state index in [0.29, 0.717) is 0 Å². The van der Waals surface area contributed by atoms with Crippen LogP contribution in [0.15, 0.2) is 61.2 Å². The maximum Gasteiger partial charge on any atom is 0.0267 e. The van der Waals surface area contributed by atoms with Crippen molar-refractivity contribution >= 4 is 74.4 Å². The summed E-state index contributed by atoms with van der Waals surface area (Å²) in [5.74, 6) is 0. The summed E-state index contributed by atoms with van der Waals surface area (Å²) in [4.78, 5) is 7.57. The molecule has 0 aliphatic carbocycles. The average molecular weight is 517 g/mol. The molecule has 0 spiro atoms. The van der Waals surface area contributed by atoms with Gasteiger partial charge in [0, 0.05) is 66.5 Å². The van der Waals surface area contributed by atoms with Gasteiger partial charge < -0.3 is 0 Å². The van der Waals surface area contributed by atoms with E-state index in [4.69, 9.17) is 0 Å². The third-order valence-corrected chi connectivity index (χ3v) is 1.13. The molecule has 0 aliphatic heterocycles. The normalized spacial score (nSPS) is 5.05. The predicted octanol–water partition coefficient (Wildman–Crippen LogP) is 4.69. The number of halogens is 6. The third-order valence-electron chi connectivity index (χ3n) is 1.13. The van der Waals surface area contributed by atoms with E-state index >= 15 is 0 Å². The molecule has 0 saturated heterocycles. The molecule has 112 valence electrons. The van der Waals surface area contributed by atoms with Crippen LogP contribution in [0.1, 0.15) is 0 Å². The van der Waals surface area contributed by atoms with Crippen molar-refractivity contribution in [2.75, 3.05) is 0 Å². The van der Waals surface area contributed by atoms with E-state index in [2.05, 4.69) is 9.97 Å². The maximum atomic E-state index is 3.78. The number of hydrogen-bond acceptors (Lipinski definition) is 2. The van der Waals surface area contributed by atoms with Crippen LogP contribution in [0.2, 0.25) is 0 Å². The number of pyridine rings is 2. The van der Waals surface area contributed by atoms with Gasteiger partial charge in [-0.05, 0) is 24.3 Å². The first-order valence-corrected chi connectivity index (χ1v) is 3.70. The van der Waals surface area contributed by atoms with E-state index in [1.165, 1.54) is 0 Å². The summed E-state index contributed by atoms with van der Waals surface area (Å²) in [6.07, 6.45) is 7.00. The van der Waals surface area contributed by atoms with E-state index < -0.39 is 0 Å². The van der Waals surface area contributed by atoms with Gasteiger partial charge in [-0.2, -0.15) is 0 Å². The molecule has 19 heavy (non-hydrogen) atoms. The largest absolute Gasteiger partial charge is 0.265 e. The fourth-order valence-electron chi connectivity index (χ4n) is 0.625. The summed E-state index contributed by atoms with van der Waals surface area (Å²) < 4.78 is 0. The van der Waals surface area contributed by atoms with E-state index in [9.17, 15) is 0 Å². The molecule has 0 fully saturated rings. The standard InChI is InChI=1S/2C5H5N.Ce.6ClH/c2*1-2-4-6-5-3-1;;;;;;;/h2*1-5H;;6*1H. The van der Waals surface area contributed by atoms with Crippen molar-refractivity contribution in [3.8, 4) is 0 Å². The second-order valence-corrected chi connectivity index (χ2v) is 2.05. The molecule has 2 nitrogen and oxygen atoms in total. The van der Waals surface area contributed by atoms with E-state index in [1.807, 2.05) is 36.4 Å². The molecule has 0 amide bonds. The molecular formula is C10H16CeCl6N2. The Labute approximate surface area is 185 Å². The summed E-state index contributed by atoms with van der Waals surface area (Å²) in [6.45, 7) is 0. The van der Waals surface area contributed by atoms with Crippen LogP contribution in [-0.2, 0) is 0 Å². The molecule has 0 radical (unpaired) electrons. The summed E-state index contributed by atoms with van der Waals surface area (Å²) >= 11 is 0. The Morgan fingerprint density at radius 2 is 0.579 bits per heavy atom. The molecule has 0 aliphatic rings. The first kappa shape index (κ1) is 42.8. The zero-order valence-corrected chi connectivity index (χ0v) is 17.7. The Morgan fingerprint density at radius 3 is 0.632 bits per heavy atom. The van der Waals surface area contributed by atoms with Crippen LogP contribution in [0, 0.1) is 41.7 Å². The number of rotatable bonds is 0. The summed E-state index contributed by atoms with van der Waals surface area (Å²) in [6, 6.07) is 11.4. The minimum absolute atomic E-state index is 0. The fraction of sp³-hybridized carbons (Fsp3) is 0. The summed E-state index contributed by atoms with van der Waals surface area (Å²) in [7, 11) is 0. The second kappa shape index (κ2) is 36.6. The van der Waals surface area contributed by atoms with Gasteiger partial charge in [0.25, 0.3) is 0 Å². The molecule has 2 rings (SSSR count). The molecular weight excluding hydrogens is 501 g/mol. The molecule has 0 N–H and O–H groups in total. The summed E-state index contributed by atoms with van der Waals surface area (Å²) in [5, 5.41) is 0. The molecule has 0 unspecified atom stereocenters. The van der Waals surface area contributed by atoms with Gasteiger partial charge in [0.05, 0.1) is 0 Å². The SMILES string of the molecule is Cl.Cl.Cl.Cl.Cl.Cl.[Ce].c1ccncc1.c1ccncc1. The van der Waals surface area contributed by atoms with Gasteiger partial charge in [-0.25, -0.2) is 0 Å². The van der Waals surface area contributed by atoms with Crippen molar-refractivity contribution in [3.05, 3.63) is 61.2 Å². The Kier molecular flexibility index (Phi) is 82.3. The molecule has 0 saturated carbocycles. The van der Waals surface area contributed by atoms with Gasteiger partial charge in [0.1, 0.15) is 0 Å². The molecule has 2 aromatic rings. The van der Waals surface area contributed by atoms with Crippen LogP contribution in [0.25, 0.3) is 0 Å². The zero-order valence-electron chi connectivity index (χ0n) is 9.62. The quantitative estimate of drug-likeness (QED) is 0.507. The maximum absolute atomic E-state index is 3.78. The Balaban J connectivity index is -0.0000000222. The van der Waals surface area contributed by atoms with Crippen molar-refractivity contribution in [2.45, 2.75) is 0 Å². The van der Waals surface area contributed by atoms with Crippen LogP contribution in [-0.4, -0.2) is 9.97 Å². The minimum atomic E-state index is 0. The first-order valence-electron chi connectivity index (χ1n) is 3.70. The van der Waals surface area contributed by atoms with Crippen molar-refractivity contribution in [2.24, 2.45) is 0 Å². The Bertz CT molecular complexity index is 205. The van der Waals surface area contributed by atoms with Crippen LogP contribution in [0.5, 0.6) is 0 Å². The van der Waals surface area contributed by atoms with Crippen molar-refractivity contribution < 1.29 is 41.7 Å². The van der Waals surface area contributed by atoms with Gasteiger partial charge in [0.15, 0.2) is 0 Å². The molecule has 0 aromatic carbocycles. The zero-order chi connectivity index (χ0) is 8.49. The molecule has 2 heterocycles. The third kappa shape index (κ3) is 32.7. The number of aromatic nitrogens is 2. The molecule has 0 bridgehead atoms. The molecule has 9 heteroatoms. The average Bonchev–Trinajstić information content (AvgIpc) is 2.24. The predicted molar refractivity (Wildman–Crippen MR) is 92.0 cm³/mol. The Morgan fingerprint density at radius 1 is 0.368 bits per heavy atom. The molecule has 0 atom stereocenters.